The number of ether oxygens (including phenoxy) is 1. The van der Waals surface area contributed by atoms with E-state index in [1.54, 1.807) is 62.6 Å². The van der Waals surface area contributed by atoms with Crippen LogP contribution in [0.25, 0.3) is 0 Å². The van der Waals surface area contributed by atoms with Crippen LogP contribution in [0.1, 0.15) is 67.5 Å². The minimum atomic E-state index is -0.354. The summed E-state index contributed by atoms with van der Waals surface area (Å²) in [5.74, 6) is 0.311. The quantitative estimate of drug-likeness (QED) is 0.0648. The summed E-state index contributed by atoms with van der Waals surface area (Å²) < 4.78 is 4.55. The third kappa shape index (κ3) is 25.4. The molecule has 1 saturated heterocycles. The summed E-state index contributed by atoms with van der Waals surface area (Å²) in [6.45, 7) is 9.62. The van der Waals surface area contributed by atoms with Gasteiger partial charge in [-0.3, -0.25) is 25.0 Å². The van der Waals surface area contributed by atoms with Crippen LogP contribution in [0.2, 0.25) is 5.28 Å². The number of hydrogen-bond donors (Lipinski definition) is 9. The zero-order valence-corrected chi connectivity index (χ0v) is 44.7. The number of aromatic nitrogens is 9. The van der Waals surface area contributed by atoms with Gasteiger partial charge in [-0.05, 0) is 89.2 Å². The van der Waals surface area contributed by atoms with Crippen molar-refractivity contribution >= 4 is 82.9 Å². The average molecular weight is 1030 g/mol. The molecule has 72 heavy (non-hydrogen) atoms. The topological polar surface area (TPSA) is 430 Å². The van der Waals surface area contributed by atoms with Gasteiger partial charge in [0.15, 0.2) is 0 Å². The van der Waals surface area contributed by atoms with Crippen LogP contribution in [0.4, 0.5) is 47.6 Å². The van der Waals surface area contributed by atoms with E-state index < -0.39 is 0 Å². The van der Waals surface area contributed by atoms with Crippen molar-refractivity contribution < 1.29 is 64.1 Å². The largest absolute Gasteiger partial charge is 1.00 e. The third-order valence-electron chi connectivity index (χ3n) is 8.40. The number of nitrogens with two attached hydrogens (primary N) is 5. The van der Waals surface area contributed by atoms with Gasteiger partial charge in [0.1, 0.15) is 0 Å². The van der Waals surface area contributed by atoms with Gasteiger partial charge in [0.05, 0.1) is 12.7 Å². The molecule has 0 unspecified atom stereocenters. The number of anilines is 8. The summed E-state index contributed by atoms with van der Waals surface area (Å²) in [7, 11) is 6.94. The number of esters is 1. The molecule has 0 spiro atoms. The second-order valence-electron chi connectivity index (χ2n) is 13.6. The molecule has 3 amide bonds. The van der Waals surface area contributed by atoms with Crippen molar-refractivity contribution in [1.29, 1.82) is 0 Å². The van der Waals surface area contributed by atoms with Gasteiger partial charge in [-0.15, -0.1) is 0 Å². The fraction of sp³-hybridized carbons (Fsp3) is 0.295. The first kappa shape index (κ1) is 66.6. The summed E-state index contributed by atoms with van der Waals surface area (Å²) in [5.41, 5.74) is 29.8. The van der Waals surface area contributed by atoms with Crippen molar-refractivity contribution in [3.63, 3.8) is 0 Å². The van der Waals surface area contributed by atoms with E-state index in [1.807, 2.05) is 56.9 Å². The van der Waals surface area contributed by atoms with E-state index >= 15 is 0 Å². The van der Waals surface area contributed by atoms with Gasteiger partial charge in [-0.1, -0.05) is 53.1 Å². The van der Waals surface area contributed by atoms with Crippen molar-refractivity contribution in [1.82, 2.24) is 49.8 Å². The zero-order valence-electron chi connectivity index (χ0n) is 41.9. The molecule has 0 aliphatic carbocycles. The van der Waals surface area contributed by atoms with Crippen LogP contribution in [0.15, 0.2) is 72.8 Å². The van der Waals surface area contributed by atoms with Crippen LogP contribution in [0, 0.1) is 20.8 Å². The number of nitrogen functional groups attached to an aromatic ring is 4. The molecule has 384 valence electrons. The van der Waals surface area contributed by atoms with Crippen molar-refractivity contribution in [2.24, 2.45) is 5.73 Å². The summed E-state index contributed by atoms with van der Waals surface area (Å²) in [6, 6.07) is 21.6. The molecule has 16 N–H and O–H groups in total. The van der Waals surface area contributed by atoms with Crippen molar-refractivity contribution in [2.75, 3.05) is 92.7 Å². The maximum Gasteiger partial charge on any atom is 1.00 e. The van der Waals surface area contributed by atoms with E-state index in [9.17, 15) is 19.2 Å². The first-order chi connectivity index (χ1) is 33.4. The molecule has 0 bridgehead atoms. The molecule has 0 saturated carbocycles. The summed E-state index contributed by atoms with van der Waals surface area (Å²) in [4.78, 5) is 82.3. The number of aryl methyl sites for hydroxylation is 3. The Kier molecular flexibility index (Phi) is 33.8. The second kappa shape index (κ2) is 36.5. The third-order valence-corrected chi connectivity index (χ3v) is 8.57. The van der Waals surface area contributed by atoms with Crippen molar-refractivity contribution in [2.45, 2.75) is 40.5 Å². The molecule has 28 heteroatoms. The first-order valence-electron chi connectivity index (χ1n) is 20.9. The Balaban J connectivity index is 0. The number of halogens is 1. The van der Waals surface area contributed by atoms with E-state index in [2.05, 4.69) is 76.6 Å². The van der Waals surface area contributed by atoms with Crippen LogP contribution in [0.5, 0.6) is 0 Å². The van der Waals surface area contributed by atoms with Crippen LogP contribution in [-0.2, 0) is 9.53 Å². The molecule has 1 fully saturated rings. The number of benzene rings is 3. The molecule has 3 aromatic heterocycles. The second-order valence-corrected chi connectivity index (χ2v) is 13.9. The molecule has 1 aliphatic heterocycles. The number of rotatable bonds is 8. The number of hydrogen-bond acceptors (Lipinski definition) is 22. The Labute approximate surface area is 444 Å². The first-order valence-corrected chi connectivity index (χ1v) is 21.3. The predicted octanol–water partition coefficient (Wildman–Crippen LogP) is -1.06. The fourth-order valence-electron chi connectivity index (χ4n) is 5.35. The number of amides is 3. The van der Waals surface area contributed by atoms with E-state index in [-0.39, 0.29) is 99.7 Å². The zero-order chi connectivity index (χ0) is 52.8. The Hall–Kier alpha value is -7.46. The fourth-order valence-corrected chi connectivity index (χ4v) is 5.52. The molecule has 0 atom stereocenters. The number of likely N-dealkylation sites (tertiary alicyclic amines) is 1. The van der Waals surface area contributed by atoms with Crippen molar-refractivity contribution in [3.05, 3.63) is 111 Å². The van der Waals surface area contributed by atoms with Crippen molar-refractivity contribution in [3.8, 4) is 0 Å². The van der Waals surface area contributed by atoms with Gasteiger partial charge in [0.25, 0.3) is 11.8 Å². The van der Waals surface area contributed by atoms with Gasteiger partial charge in [0, 0.05) is 44.7 Å². The Morgan fingerprint density at radius 1 is 0.639 bits per heavy atom. The molecule has 6 aromatic rings. The number of carbonyl (C=O) groups excluding carboxylic acids is 4. The van der Waals surface area contributed by atoms with Crippen LogP contribution >= 0.6 is 11.6 Å². The number of nitrogens with zero attached hydrogens (tertiary/aromatic N) is 10. The van der Waals surface area contributed by atoms with Crippen LogP contribution in [-0.4, -0.2) is 127 Å². The maximum atomic E-state index is 12.4. The minimum Gasteiger partial charge on any atom is -0.857 e. The number of methoxy groups -OCH3 is 1. The monoisotopic (exact) mass is 1030 g/mol. The summed E-state index contributed by atoms with van der Waals surface area (Å²) in [5, 5.41) is 19.0. The number of carbonyl (C=O) groups is 4. The molecule has 4 heterocycles. The van der Waals surface area contributed by atoms with E-state index in [4.69, 9.17) is 39.6 Å². The molecule has 3 aromatic carbocycles. The van der Waals surface area contributed by atoms with E-state index in [0.717, 1.165) is 49.7 Å². The average Bonchev–Trinajstić information content (AvgIpc) is 3.77. The minimum absolute atomic E-state index is 0. The van der Waals surface area contributed by atoms with Gasteiger partial charge in [-0.25, -0.2) is 4.79 Å². The Bertz CT molecular complexity index is 2450. The Morgan fingerprint density at radius 2 is 1.00 bits per heavy atom. The SMILES string of the molecule is CCN1CCCC1=O.CN.CNc1nc(N)nc(N)n1.CNc1nc(NC(=O)c2cccc(C)c2)nc(NC(=O)c2cccc(C)c2)n1.COC(=O)c1cccc(C)c1.C[O-].Nc1nc(N)nc(Cl)n1.O.[Na+]. The smallest absolute Gasteiger partial charge is 0.857 e. The molecular formula is C44H63ClN19NaO7. The molecular weight excluding hydrogens is 965 g/mol. The van der Waals surface area contributed by atoms with E-state index in [1.165, 1.54) is 14.2 Å². The molecule has 1 aliphatic rings. The van der Waals surface area contributed by atoms with Gasteiger partial charge in [0.2, 0.25) is 58.8 Å². The maximum absolute atomic E-state index is 12.4. The van der Waals surface area contributed by atoms with Gasteiger partial charge in [-0.2, -0.15) is 52.0 Å². The molecule has 0 radical (unpaired) electrons. The van der Waals surface area contributed by atoms with Crippen LogP contribution in [0.3, 0.4) is 0 Å². The predicted molar refractivity (Wildman–Crippen MR) is 273 cm³/mol. The summed E-state index contributed by atoms with van der Waals surface area (Å²) in [6.07, 6.45) is 1.83. The molecule has 7 rings (SSSR count). The van der Waals surface area contributed by atoms with E-state index in [0.29, 0.717) is 28.5 Å². The molecule has 26 nitrogen and oxygen atoms in total. The number of nitrogens with one attached hydrogen (secondary N) is 4. The summed E-state index contributed by atoms with van der Waals surface area (Å²) >= 11 is 5.33. The standard InChI is InChI=1S/C20H20N6O2.C9H10O2.C6H11NO.C4H8N6.C3H4ClN5.CH5N.CH3O.Na.H2O/c1-12-6-4-8-14(10-12)16(27)22-19-24-18(21-3)25-20(26-19)23-17(28)15-9-5-7-13(2)11-15;1-7-4-3-5-8(6-7)9(10)11-2;1-2-7-5-3-4-6(7)8;1-7-4-9-2(5)8-3(6)10-4;4-1-7-2(5)9-3(6)8-1;2*1-2;;/h4-11H,1-3H3,(H3,21,22,23,24,25,26,27,28);3-6H,1-2H3;2-5H2,1H3;1H3,(H5,5,6,7,8,9,10);(H4,5,6,7,8,9);2H2,1H3;1H3;;1H2/q;;;;;;-1;+1;. The van der Waals surface area contributed by atoms with Crippen LogP contribution < -0.4 is 84.6 Å². The Morgan fingerprint density at radius 3 is 1.32 bits per heavy atom. The normalized spacial score (nSPS) is 10.3. The van der Waals surface area contributed by atoms with Gasteiger partial charge < -0.3 is 59.5 Å². The van der Waals surface area contributed by atoms with Gasteiger partial charge >= 0.3 is 35.5 Å².